The standard InChI is InChI=1S/C14H23N3O/c1-11(15)12-5-7-16-13(9-12)17-8-4-6-14(2,10-17)18-3/h5,7,9,11H,4,6,8,10,15H2,1-3H3/t11-,14?/m1/s1. The maximum atomic E-state index is 5.92. The number of rotatable bonds is 3. The van der Waals surface area contributed by atoms with Crippen molar-refractivity contribution in [3.8, 4) is 0 Å². The average molecular weight is 249 g/mol. The molecule has 1 aromatic heterocycles. The molecule has 18 heavy (non-hydrogen) atoms. The lowest BCUT2D eigenvalue weighted by Crippen LogP contribution is -2.47. The number of nitrogens with zero attached hydrogens (tertiary/aromatic N) is 2. The molecule has 100 valence electrons. The number of anilines is 1. The van der Waals surface area contributed by atoms with Gasteiger partial charge in [-0.25, -0.2) is 4.98 Å². The number of piperidine rings is 1. The fourth-order valence-corrected chi connectivity index (χ4v) is 2.46. The second-order valence-corrected chi connectivity index (χ2v) is 5.42. The minimum Gasteiger partial charge on any atom is -0.377 e. The lowest BCUT2D eigenvalue weighted by atomic mass is 9.94. The van der Waals surface area contributed by atoms with Crippen molar-refractivity contribution in [1.82, 2.24) is 4.98 Å². The lowest BCUT2D eigenvalue weighted by molar-refractivity contribution is -0.00481. The highest BCUT2D eigenvalue weighted by molar-refractivity contribution is 5.42. The first kappa shape index (κ1) is 13.3. The third-order valence-electron chi connectivity index (χ3n) is 3.77. The Balaban J connectivity index is 2.18. The van der Waals surface area contributed by atoms with Crippen LogP contribution in [0.2, 0.25) is 0 Å². The molecule has 4 nitrogen and oxygen atoms in total. The van der Waals surface area contributed by atoms with Crippen molar-refractivity contribution in [3.05, 3.63) is 23.9 Å². The number of nitrogens with two attached hydrogens (primary N) is 1. The first-order valence-corrected chi connectivity index (χ1v) is 6.56. The van der Waals surface area contributed by atoms with E-state index in [2.05, 4.69) is 22.9 Å². The maximum Gasteiger partial charge on any atom is 0.128 e. The summed E-state index contributed by atoms with van der Waals surface area (Å²) in [5.74, 6) is 1.01. The smallest absolute Gasteiger partial charge is 0.128 e. The van der Waals surface area contributed by atoms with E-state index in [-0.39, 0.29) is 11.6 Å². The Bertz CT molecular complexity index is 408. The van der Waals surface area contributed by atoms with Crippen LogP contribution >= 0.6 is 0 Å². The molecule has 0 aromatic carbocycles. The molecule has 0 spiro atoms. The molecule has 0 bridgehead atoms. The molecular formula is C14H23N3O. The minimum atomic E-state index is -0.0652. The van der Waals surface area contributed by atoms with Gasteiger partial charge < -0.3 is 15.4 Å². The van der Waals surface area contributed by atoms with Crippen molar-refractivity contribution in [1.29, 1.82) is 0 Å². The predicted molar refractivity (Wildman–Crippen MR) is 73.7 cm³/mol. The van der Waals surface area contributed by atoms with Crippen molar-refractivity contribution in [3.63, 3.8) is 0 Å². The Morgan fingerprint density at radius 3 is 3.00 bits per heavy atom. The van der Waals surface area contributed by atoms with Crippen LogP contribution in [0.1, 0.15) is 38.3 Å². The molecule has 2 heterocycles. The molecule has 1 aromatic rings. The summed E-state index contributed by atoms with van der Waals surface area (Å²) in [6, 6.07) is 4.12. The quantitative estimate of drug-likeness (QED) is 0.891. The zero-order valence-corrected chi connectivity index (χ0v) is 11.5. The molecule has 0 saturated carbocycles. The Morgan fingerprint density at radius 1 is 1.56 bits per heavy atom. The van der Waals surface area contributed by atoms with Crippen LogP contribution < -0.4 is 10.6 Å². The van der Waals surface area contributed by atoms with Gasteiger partial charge in [0.2, 0.25) is 0 Å². The van der Waals surface area contributed by atoms with Crippen LogP contribution in [-0.2, 0) is 4.74 Å². The monoisotopic (exact) mass is 249 g/mol. The van der Waals surface area contributed by atoms with Gasteiger partial charge in [-0.2, -0.15) is 0 Å². The normalized spacial score (nSPS) is 26.1. The van der Waals surface area contributed by atoms with Crippen molar-refractivity contribution in [2.24, 2.45) is 5.73 Å². The number of pyridine rings is 1. The predicted octanol–water partition coefficient (Wildman–Crippen LogP) is 2.11. The van der Waals surface area contributed by atoms with Crippen LogP contribution in [0.3, 0.4) is 0 Å². The van der Waals surface area contributed by atoms with E-state index in [4.69, 9.17) is 10.5 Å². The van der Waals surface area contributed by atoms with Crippen molar-refractivity contribution in [2.75, 3.05) is 25.1 Å². The van der Waals surface area contributed by atoms with Gasteiger partial charge in [0.1, 0.15) is 5.82 Å². The average Bonchev–Trinajstić information content (AvgIpc) is 2.39. The summed E-state index contributed by atoms with van der Waals surface area (Å²) < 4.78 is 5.61. The van der Waals surface area contributed by atoms with Crippen LogP contribution in [-0.4, -0.2) is 30.8 Å². The van der Waals surface area contributed by atoms with Gasteiger partial charge in [-0.1, -0.05) is 0 Å². The van der Waals surface area contributed by atoms with Crippen molar-refractivity contribution < 1.29 is 4.74 Å². The number of aromatic nitrogens is 1. The molecule has 1 aliphatic heterocycles. The van der Waals surface area contributed by atoms with Crippen LogP contribution in [0.15, 0.2) is 18.3 Å². The third-order valence-corrected chi connectivity index (χ3v) is 3.77. The van der Waals surface area contributed by atoms with Gasteiger partial charge >= 0.3 is 0 Å². The fraction of sp³-hybridized carbons (Fsp3) is 0.643. The first-order chi connectivity index (χ1) is 8.54. The topological polar surface area (TPSA) is 51.4 Å². The van der Waals surface area contributed by atoms with E-state index in [1.165, 1.54) is 0 Å². The van der Waals surface area contributed by atoms with E-state index >= 15 is 0 Å². The summed E-state index contributed by atoms with van der Waals surface area (Å²) in [5, 5.41) is 0. The van der Waals surface area contributed by atoms with Gasteiger partial charge in [0.05, 0.1) is 5.60 Å². The van der Waals surface area contributed by atoms with Gasteiger partial charge in [-0.15, -0.1) is 0 Å². The van der Waals surface area contributed by atoms with Crippen molar-refractivity contribution in [2.45, 2.75) is 38.3 Å². The van der Waals surface area contributed by atoms with E-state index in [0.717, 1.165) is 37.3 Å². The molecule has 1 fully saturated rings. The molecule has 2 N–H and O–H groups in total. The van der Waals surface area contributed by atoms with Gasteiger partial charge in [-0.05, 0) is 44.4 Å². The molecule has 2 rings (SSSR count). The molecule has 0 aliphatic carbocycles. The highest BCUT2D eigenvalue weighted by atomic mass is 16.5. The summed E-state index contributed by atoms with van der Waals surface area (Å²) >= 11 is 0. The van der Waals surface area contributed by atoms with E-state index < -0.39 is 0 Å². The largest absolute Gasteiger partial charge is 0.377 e. The molecule has 0 radical (unpaired) electrons. The Morgan fingerprint density at radius 2 is 2.33 bits per heavy atom. The lowest BCUT2D eigenvalue weighted by Gasteiger charge is -2.40. The second kappa shape index (κ2) is 5.24. The van der Waals surface area contributed by atoms with E-state index in [0.29, 0.717) is 0 Å². The Hall–Kier alpha value is -1.13. The SMILES string of the molecule is COC1(C)CCCN(c2cc([C@@H](C)N)ccn2)C1. The van der Waals surface area contributed by atoms with E-state index in [1.54, 1.807) is 7.11 Å². The summed E-state index contributed by atoms with van der Waals surface area (Å²) in [6.45, 7) is 6.08. The summed E-state index contributed by atoms with van der Waals surface area (Å²) in [4.78, 5) is 6.75. The third kappa shape index (κ3) is 2.82. The van der Waals surface area contributed by atoms with Crippen LogP contribution in [0.25, 0.3) is 0 Å². The summed E-state index contributed by atoms with van der Waals surface area (Å²) in [7, 11) is 1.79. The molecule has 2 atom stereocenters. The first-order valence-electron chi connectivity index (χ1n) is 6.56. The summed E-state index contributed by atoms with van der Waals surface area (Å²) in [6.07, 6.45) is 4.08. The number of hydrogen-bond acceptors (Lipinski definition) is 4. The summed E-state index contributed by atoms with van der Waals surface area (Å²) in [5.41, 5.74) is 6.98. The van der Waals surface area contributed by atoms with Gasteiger partial charge in [-0.3, -0.25) is 0 Å². The van der Waals surface area contributed by atoms with Crippen molar-refractivity contribution >= 4 is 5.82 Å². The molecule has 1 aliphatic rings. The molecular weight excluding hydrogens is 226 g/mol. The minimum absolute atomic E-state index is 0.0466. The molecule has 0 amide bonds. The fourth-order valence-electron chi connectivity index (χ4n) is 2.46. The highest BCUT2D eigenvalue weighted by Gasteiger charge is 2.31. The van der Waals surface area contributed by atoms with Crippen LogP contribution in [0, 0.1) is 0 Å². The maximum absolute atomic E-state index is 5.92. The Labute approximate surface area is 109 Å². The van der Waals surface area contributed by atoms with Gasteiger partial charge in [0, 0.05) is 32.4 Å². The molecule has 1 saturated heterocycles. The molecule has 1 unspecified atom stereocenters. The zero-order valence-electron chi connectivity index (χ0n) is 11.5. The zero-order chi connectivity index (χ0) is 13.2. The van der Waals surface area contributed by atoms with E-state index in [9.17, 15) is 0 Å². The van der Waals surface area contributed by atoms with E-state index in [1.807, 2.05) is 19.2 Å². The Kier molecular flexibility index (Phi) is 3.88. The van der Waals surface area contributed by atoms with Crippen LogP contribution in [0.4, 0.5) is 5.82 Å². The van der Waals surface area contributed by atoms with Crippen LogP contribution in [0.5, 0.6) is 0 Å². The second-order valence-electron chi connectivity index (χ2n) is 5.42. The highest BCUT2D eigenvalue weighted by Crippen LogP contribution is 2.27. The number of hydrogen-bond donors (Lipinski definition) is 1. The molecule has 4 heteroatoms. The van der Waals surface area contributed by atoms with Gasteiger partial charge in [0.25, 0.3) is 0 Å². The number of methoxy groups -OCH3 is 1. The number of ether oxygens (including phenoxy) is 1. The van der Waals surface area contributed by atoms with Gasteiger partial charge in [0.15, 0.2) is 0 Å².